The van der Waals surface area contributed by atoms with Crippen LogP contribution < -0.4 is 11.5 Å². The van der Waals surface area contributed by atoms with Crippen LogP contribution in [0.1, 0.15) is 19.3 Å². The minimum Gasteiger partial charge on any atom is -0.480 e. The molecule has 5 N–H and O–H groups in total. The number of nitrogens with two attached hydrogens (primary N) is 2. The summed E-state index contributed by atoms with van der Waals surface area (Å²) in [6.45, 7) is 0. The maximum absolute atomic E-state index is 10.3. The Morgan fingerprint density at radius 3 is 2.64 bits per heavy atom. The summed E-state index contributed by atoms with van der Waals surface area (Å²) < 4.78 is 6.63. The Labute approximate surface area is 65.8 Å². The van der Waals surface area contributed by atoms with Gasteiger partial charge in [0.05, 0.1) is 0 Å². The lowest BCUT2D eigenvalue weighted by molar-refractivity contribution is -0.138. The van der Waals surface area contributed by atoms with Gasteiger partial charge < -0.3 is 16.6 Å². The van der Waals surface area contributed by atoms with Crippen LogP contribution in [0.2, 0.25) is 1.41 Å². The van der Waals surface area contributed by atoms with Crippen LogP contribution in [0.25, 0.3) is 0 Å². The molecule has 0 aromatic carbocycles. The number of hydrogen-bond acceptors (Lipinski definition) is 3. The fraction of sp³-hybridized carbons (Fsp3) is 0.667. The zero-order valence-corrected chi connectivity index (χ0v) is 6.04. The predicted molar refractivity (Wildman–Crippen MR) is 38.7 cm³/mol. The van der Waals surface area contributed by atoms with E-state index in [-0.39, 0.29) is 12.8 Å². The van der Waals surface area contributed by atoms with Gasteiger partial charge in [-0.1, -0.05) is 0 Å². The van der Waals surface area contributed by atoms with E-state index in [1.807, 2.05) is 5.73 Å². The molecule has 0 saturated carbocycles. The SMILES string of the molecule is [2H]N[C@@H](CCCC(N)=O)C(=O)O. The zero-order chi connectivity index (χ0) is 9.56. The molecule has 0 heterocycles. The van der Waals surface area contributed by atoms with Crippen LogP contribution in [0.4, 0.5) is 0 Å². The molecule has 0 rings (SSSR count). The van der Waals surface area contributed by atoms with E-state index in [0.29, 0.717) is 6.42 Å². The third-order valence-corrected chi connectivity index (χ3v) is 1.21. The summed E-state index contributed by atoms with van der Waals surface area (Å²) in [5.41, 5.74) is 6.72. The van der Waals surface area contributed by atoms with Gasteiger partial charge in [-0.2, -0.15) is 0 Å². The largest absolute Gasteiger partial charge is 0.480 e. The van der Waals surface area contributed by atoms with E-state index < -0.39 is 17.9 Å². The molecule has 0 radical (unpaired) electrons. The number of carbonyl (C=O) groups excluding carboxylic acids is 1. The van der Waals surface area contributed by atoms with Crippen LogP contribution in [0.3, 0.4) is 0 Å². The van der Waals surface area contributed by atoms with Crippen LogP contribution in [0.5, 0.6) is 0 Å². The average Bonchev–Trinajstić information content (AvgIpc) is 1.96. The van der Waals surface area contributed by atoms with Gasteiger partial charge in [-0.25, -0.2) is 0 Å². The Morgan fingerprint density at radius 1 is 1.64 bits per heavy atom. The zero-order valence-electron chi connectivity index (χ0n) is 7.04. The van der Waals surface area contributed by atoms with Crippen LogP contribution >= 0.6 is 0 Å². The van der Waals surface area contributed by atoms with Crippen molar-refractivity contribution >= 4 is 11.9 Å². The Morgan fingerprint density at radius 2 is 2.27 bits per heavy atom. The second-order valence-electron chi connectivity index (χ2n) is 2.25. The van der Waals surface area contributed by atoms with Gasteiger partial charge in [0.2, 0.25) is 5.91 Å². The molecule has 0 fully saturated rings. The van der Waals surface area contributed by atoms with Crippen molar-refractivity contribution in [1.29, 1.82) is 0 Å². The first kappa shape index (κ1) is 8.00. The first-order valence-corrected chi connectivity index (χ1v) is 3.26. The third-order valence-electron chi connectivity index (χ3n) is 1.21. The van der Waals surface area contributed by atoms with Crippen molar-refractivity contribution in [2.45, 2.75) is 25.3 Å². The van der Waals surface area contributed by atoms with E-state index in [1.54, 1.807) is 0 Å². The Balaban J connectivity index is 3.59. The molecule has 0 saturated heterocycles. The number of amides is 1. The number of hydrogen-bond donors (Lipinski definition) is 3. The topological polar surface area (TPSA) is 106 Å². The molecule has 0 aliphatic heterocycles. The molecular weight excluding hydrogens is 148 g/mol. The molecule has 0 aromatic rings. The summed E-state index contributed by atoms with van der Waals surface area (Å²) in [5, 5.41) is 8.44. The first-order valence-electron chi connectivity index (χ1n) is 3.76. The third kappa shape index (κ3) is 5.35. The standard InChI is InChI=1S/C6H12N2O3/c7-4(6(10)11)2-1-3-5(8)9/h4H,1-3,7H2,(H2,8,9)(H,10,11)/t4-/m0/s1/i/hD. The maximum atomic E-state index is 10.3. The minimum absolute atomic E-state index is 0.158. The molecule has 0 aromatic heterocycles. The van der Waals surface area contributed by atoms with Crippen molar-refractivity contribution in [3.8, 4) is 0 Å². The van der Waals surface area contributed by atoms with Crippen LogP contribution in [0, 0.1) is 0 Å². The van der Waals surface area contributed by atoms with Crippen LogP contribution in [-0.2, 0) is 9.59 Å². The highest BCUT2D eigenvalue weighted by Crippen LogP contribution is 1.97. The van der Waals surface area contributed by atoms with Gasteiger partial charge >= 0.3 is 5.97 Å². The Bertz CT molecular complexity index is 174. The Hall–Kier alpha value is -1.10. The summed E-state index contributed by atoms with van der Waals surface area (Å²) in [6.07, 6.45) is 0.783. The number of primary amides is 1. The average molecular weight is 161 g/mol. The van der Waals surface area contributed by atoms with Crippen molar-refractivity contribution in [1.82, 2.24) is 0 Å². The highest BCUT2D eigenvalue weighted by molar-refractivity contribution is 5.74. The lowest BCUT2D eigenvalue weighted by Crippen LogP contribution is -2.30. The van der Waals surface area contributed by atoms with E-state index in [1.165, 1.54) is 0 Å². The van der Waals surface area contributed by atoms with E-state index in [0.717, 1.165) is 0 Å². The van der Waals surface area contributed by atoms with E-state index >= 15 is 0 Å². The minimum atomic E-state index is -1.09. The van der Waals surface area contributed by atoms with Gasteiger partial charge in [-0.05, 0) is 12.8 Å². The first-order chi connectivity index (χ1) is 5.57. The van der Waals surface area contributed by atoms with Crippen molar-refractivity contribution in [3.63, 3.8) is 0 Å². The number of aliphatic carboxylic acids is 1. The molecule has 11 heavy (non-hydrogen) atoms. The van der Waals surface area contributed by atoms with Crippen LogP contribution in [0.15, 0.2) is 0 Å². The summed E-state index contributed by atoms with van der Waals surface area (Å²) >= 11 is 0. The van der Waals surface area contributed by atoms with Crippen molar-refractivity contribution in [2.75, 3.05) is 0 Å². The van der Waals surface area contributed by atoms with Crippen LogP contribution in [-0.4, -0.2) is 23.0 Å². The van der Waals surface area contributed by atoms with E-state index in [9.17, 15) is 9.59 Å². The predicted octanol–water partition coefficient (Wildman–Crippen LogP) is -0.946. The molecule has 0 spiro atoms. The molecule has 0 bridgehead atoms. The summed E-state index contributed by atoms with van der Waals surface area (Å²) in [5.74, 6) is -1.54. The number of carbonyl (C=O) groups is 2. The Kier molecular flexibility index (Phi) is 3.40. The lowest BCUT2D eigenvalue weighted by atomic mass is 10.1. The van der Waals surface area contributed by atoms with Gasteiger partial charge in [-0.15, -0.1) is 0 Å². The molecule has 5 heteroatoms. The maximum Gasteiger partial charge on any atom is 0.320 e. The second kappa shape index (κ2) is 4.68. The van der Waals surface area contributed by atoms with E-state index in [4.69, 9.17) is 12.3 Å². The fourth-order valence-corrected chi connectivity index (χ4v) is 0.604. The second-order valence-corrected chi connectivity index (χ2v) is 2.25. The quantitative estimate of drug-likeness (QED) is 0.467. The van der Waals surface area contributed by atoms with Gasteiger partial charge in [0.25, 0.3) is 0 Å². The monoisotopic (exact) mass is 161 g/mol. The number of carboxylic acids is 1. The van der Waals surface area contributed by atoms with Crippen molar-refractivity contribution < 1.29 is 16.1 Å². The molecule has 0 aliphatic rings. The normalized spacial score (nSPS) is 13.6. The molecule has 1 amide bonds. The van der Waals surface area contributed by atoms with Gasteiger partial charge in [0.1, 0.15) is 7.45 Å². The summed E-state index contributed by atoms with van der Waals surface area (Å²) in [7, 11) is 0. The smallest absolute Gasteiger partial charge is 0.320 e. The highest BCUT2D eigenvalue weighted by Gasteiger charge is 2.10. The molecule has 64 valence electrons. The number of carboxylic acid groups (broad SMARTS) is 1. The summed E-state index contributed by atoms with van der Waals surface area (Å²) in [4.78, 5) is 20.6. The fourth-order valence-electron chi connectivity index (χ4n) is 0.604. The van der Waals surface area contributed by atoms with Gasteiger partial charge in [-0.3, -0.25) is 9.59 Å². The molecule has 5 nitrogen and oxygen atoms in total. The highest BCUT2D eigenvalue weighted by atomic mass is 16.4. The van der Waals surface area contributed by atoms with Gasteiger partial charge in [0.15, 0.2) is 0 Å². The van der Waals surface area contributed by atoms with Crippen molar-refractivity contribution in [2.24, 2.45) is 11.5 Å². The molecule has 0 unspecified atom stereocenters. The van der Waals surface area contributed by atoms with Crippen molar-refractivity contribution in [3.05, 3.63) is 0 Å². The molecule has 0 aliphatic carbocycles. The molecule has 1 atom stereocenters. The number of rotatable bonds is 6. The lowest BCUT2D eigenvalue weighted by Gasteiger charge is -2.03. The molecular formula is C6H12N2O3. The van der Waals surface area contributed by atoms with Gasteiger partial charge in [0, 0.05) is 6.42 Å². The summed E-state index contributed by atoms with van der Waals surface area (Å²) in [6, 6.07) is -0.913. The van der Waals surface area contributed by atoms with E-state index in [2.05, 4.69) is 0 Å².